The third kappa shape index (κ3) is 3.08. The van der Waals surface area contributed by atoms with E-state index in [4.69, 9.17) is 5.11 Å². The van der Waals surface area contributed by atoms with E-state index in [1.165, 1.54) is 21.5 Å². The van der Waals surface area contributed by atoms with Crippen LogP contribution in [-0.2, 0) is 0 Å². The summed E-state index contributed by atoms with van der Waals surface area (Å²) in [5, 5.41) is 12.2. The molecule has 2 aromatic carbocycles. The Balaban J connectivity index is 1.77. The van der Waals surface area contributed by atoms with Gasteiger partial charge in [-0.2, -0.15) is 10.2 Å². The first-order chi connectivity index (χ1) is 13.0. The van der Waals surface area contributed by atoms with E-state index in [0.29, 0.717) is 0 Å². The Kier molecular flexibility index (Phi) is 4.40. The number of aromatic nitrogens is 1. The first-order valence-electron chi connectivity index (χ1n) is 9.20. The van der Waals surface area contributed by atoms with Crippen LogP contribution in [0, 0.1) is 0 Å². The molecule has 4 rings (SSSR count). The van der Waals surface area contributed by atoms with Gasteiger partial charge in [-0.15, -0.1) is 0 Å². The highest BCUT2D eigenvalue weighted by Crippen LogP contribution is 2.32. The zero-order chi connectivity index (χ0) is 19.0. The van der Waals surface area contributed by atoms with Crippen molar-refractivity contribution in [2.75, 3.05) is 19.0 Å². The van der Waals surface area contributed by atoms with Gasteiger partial charge < -0.3 is 4.90 Å². The number of fused-ring (bicyclic) bond motifs is 2. The lowest BCUT2D eigenvalue weighted by molar-refractivity contribution is 0.808. The van der Waals surface area contributed by atoms with E-state index in [2.05, 4.69) is 70.6 Å². The van der Waals surface area contributed by atoms with Gasteiger partial charge in [0.1, 0.15) is 14.1 Å². The smallest absolute Gasteiger partial charge is 0.123 e. The number of anilines is 1. The predicted molar refractivity (Wildman–Crippen MR) is 115 cm³/mol. The second kappa shape index (κ2) is 6.74. The Labute approximate surface area is 161 Å². The molecular weight excluding hydrogens is 348 g/mol. The Hall–Kier alpha value is -2.79. The Morgan fingerprint density at radius 2 is 1.59 bits per heavy atom. The summed E-state index contributed by atoms with van der Waals surface area (Å²) >= 11 is 0. The van der Waals surface area contributed by atoms with Crippen LogP contribution in [0.3, 0.4) is 0 Å². The number of pyridine rings is 1. The third-order valence-electron chi connectivity index (χ3n) is 5.40. The van der Waals surface area contributed by atoms with Gasteiger partial charge in [0.15, 0.2) is 0 Å². The van der Waals surface area contributed by atoms with Crippen molar-refractivity contribution >= 4 is 29.8 Å². The molecule has 27 heavy (non-hydrogen) atoms. The molecule has 0 radical (unpaired) electrons. The van der Waals surface area contributed by atoms with Crippen molar-refractivity contribution in [2.45, 2.75) is 19.1 Å². The van der Waals surface area contributed by atoms with Gasteiger partial charge in [-0.1, -0.05) is 37.4 Å². The fourth-order valence-electron chi connectivity index (χ4n) is 3.88. The molecule has 5 heteroatoms. The zero-order valence-corrected chi connectivity index (χ0v) is 17.2. The predicted octanol–water partition coefficient (Wildman–Crippen LogP) is 4.16. The van der Waals surface area contributed by atoms with Crippen LogP contribution < -0.4 is 15.3 Å². The van der Waals surface area contributed by atoms with Crippen LogP contribution in [0.4, 0.5) is 11.4 Å². The third-order valence-corrected chi connectivity index (χ3v) is 9.01. The Bertz CT molecular complexity index is 944. The number of nitrogens with zero attached hydrogens (tertiary/aromatic N) is 4. The highest BCUT2D eigenvalue weighted by Gasteiger charge is 2.39. The summed E-state index contributed by atoms with van der Waals surface area (Å²) in [6, 6.07) is 18.9. The maximum Gasteiger partial charge on any atom is 0.123 e. The minimum absolute atomic E-state index is 0.0982. The summed E-state index contributed by atoms with van der Waals surface area (Å²) in [6.45, 7) is 4.80. The lowest BCUT2D eigenvalue weighted by atomic mass is 10.00. The maximum atomic E-state index is 4.77. The monoisotopic (exact) mass is 372 g/mol. The molecule has 0 amide bonds. The summed E-state index contributed by atoms with van der Waals surface area (Å²) < 4.78 is 0. The molecule has 0 aliphatic carbocycles. The molecule has 0 N–H and O–H groups in total. The molecular formula is C22H24N4Si. The Morgan fingerprint density at radius 1 is 0.889 bits per heavy atom. The summed E-state index contributed by atoms with van der Waals surface area (Å²) in [5.74, 6) is 0. The molecule has 1 unspecified atom stereocenters. The molecule has 4 nitrogen and oxygen atoms in total. The van der Waals surface area contributed by atoms with Gasteiger partial charge in [0.2, 0.25) is 0 Å². The fraction of sp³-hybridized carbons (Fsp3) is 0.227. The summed E-state index contributed by atoms with van der Waals surface area (Å²) in [6.07, 6.45) is 3.87. The van der Waals surface area contributed by atoms with Gasteiger partial charge in [0.25, 0.3) is 0 Å². The van der Waals surface area contributed by atoms with Crippen LogP contribution in [0.25, 0.3) is 0 Å². The van der Waals surface area contributed by atoms with Crippen LogP contribution in [0.15, 0.2) is 77.2 Å². The van der Waals surface area contributed by atoms with Crippen LogP contribution in [0.5, 0.6) is 0 Å². The van der Waals surface area contributed by atoms with Crippen molar-refractivity contribution < 1.29 is 0 Å². The minimum Gasteiger partial charge on any atom is -0.378 e. The average Bonchev–Trinajstić information content (AvgIpc) is 2.68. The molecule has 1 aromatic heterocycles. The van der Waals surface area contributed by atoms with Crippen LogP contribution >= 0.6 is 0 Å². The van der Waals surface area contributed by atoms with Crippen molar-refractivity contribution in [3.63, 3.8) is 0 Å². The summed E-state index contributed by atoms with van der Waals surface area (Å²) in [7, 11) is 2.32. The number of rotatable bonds is 3. The van der Waals surface area contributed by atoms with Crippen molar-refractivity contribution in [1.29, 1.82) is 0 Å². The molecule has 1 aliphatic heterocycles. The molecule has 3 aromatic rings. The topological polar surface area (TPSA) is 40.9 Å². The second-order valence-electron chi connectivity index (χ2n) is 7.70. The number of hydrogen-bond acceptors (Lipinski definition) is 4. The summed E-state index contributed by atoms with van der Waals surface area (Å²) in [4.78, 5) is 6.46. The molecule has 0 saturated carbocycles. The molecule has 136 valence electrons. The van der Waals surface area contributed by atoms with E-state index in [1.807, 2.05) is 38.6 Å². The van der Waals surface area contributed by atoms with E-state index in [1.54, 1.807) is 0 Å². The molecule has 2 heterocycles. The molecule has 1 aliphatic rings. The standard InChI is InChI=1S/C22H24N4Si/c1-26(2)17-11-9-16(10-12-17)24-25-22-18-7-5-6-8-20(18)27(3,4)21-13-14-23-15-19(21)22/h5-15,22H,1-4H3. The first kappa shape index (κ1) is 17.6. The van der Waals surface area contributed by atoms with Crippen molar-refractivity contribution in [2.24, 2.45) is 10.2 Å². The van der Waals surface area contributed by atoms with E-state index in [0.717, 1.165) is 11.4 Å². The van der Waals surface area contributed by atoms with E-state index >= 15 is 0 Å². The molecule has 0 fully saturated rings. The van der Waals surface area contributed by atoms with Crippen LogP contribution in [0.2, 0.25) is 13.1 Å². The van der Waals surface area contributed by atoms with Crippen molar-refractivity contribution in [3.8, 4) is 0 Å². The minimum atomic E-state index is -1.75. The van der Waals surface area contributed by atoms with E-state index < -0.39 is 8.07 Å². The lowest BCUT2D eigenvalue weighted by Gasteiger charge is -2.35. The van der Waals surface area contributed by atoms with E-state index in [9.17, 15) is 0 Å². The average molecular weight is 373 g/mol. The van der Waals surface area contributed by atoms with Gasteiger partial charge >= 0.3 is 0 Å². The number of benzene rings is 2. The molecule has 0 bridgehead atoms. The van der Waals surface area contributed by atoms with Gasteiger partial charge in [-0.05, 0) is 46.3 Å². The van der Waals surface area contributed by atoms with Crippen LogP contribution in [0.1, 0.15) is 17.2 Å². The normalized spacial score (nSPS) is 17.4. The van der Waals surface area contributed by atoms with Gasteiger partial charge in [0, 0.05) is 37.7 Å². The lowest BCUT2D eigenvalue weighted by Crippen LogP contribution is -2.58. The quantitative estimate of drug-likeness (QED) is 0.512. The summed E-state index contributed by atoms with van der Waals surface area (Å²) in [5.41, 5.74) is 4.48. The molecule has 0 saturated heterocycles. The molecule has 1 atom stereocenters. The molecule has 0 spiro atoms. The van der Waals surface area contributed by atoms with Gasteiger partial charge in [-0.25, -0.2) is 0 Å². The van der Waals surface area contributed by atoms with Gasteiger partial charge in [-0.3, -0.25) is 4.98 Å². The largest absolute Gasteiger partial charge is 0.378 e. The van der Waals surface area contributed by atoms with Gasteiger partial charge in [0.05, 0.1) is 5.69 Å². The second-order valence-corrected chi connectivity index (χ2v) is 12.0. The van der Waals surface area contributed by atoms with Crippen molar-refractivity contribution in [3.05, 3.63) is 78.1 Å². The van der Waals surface area contributed by atoms with Crippen molar-refractivity contribution in [1.82, 2.24) is 4.98 Å². The first-order valence-corrected chi connectivity index (χ1v) is 12.2. The highest BCUT2D eigenvalue weighted by atomic mass is 28.3. The maximum absolute atomic E-state index is 4.77. The number of azo groups is 1. The highest BCUT2D eigenvalue weighted by molar-refractivity contribution is 7.01. The SMILES string of the molecule is CN(C)c1ccc(N=NC2c3ccccc3[Si](C)(C)c3ccncc32)cc1. The van der Waals surface area contributed by atoms with E-state index in [-0.39, 0.29) is 6.04 Å². The number of hydrogen-bond donors (Lipinski definition) is 0. The zero-order valence-electron chi connectivity index (χ0n) is 16.2. The fourth-order valence-corrected chi connectivity index (χ4v) is 7.04. The van der Waals surface area contributed by atoms with Crippen LogP contribution in [-0.4, -0.2) is 27.2 Å². The Morgan fingerprint density at radius 3 is 2.33 bits per heavy atom.